The van der Waals surface area contributed by atoms with Crippen LogP contribution in [0.15, 0.2) is 95.8 Å². The highest BCUT2D eigenvalue weighted by Gasteiger charge is 2.15. The molecule has 0 aliphatic carbocycles. The third kappa shape index (κ3) is 2.95. The second-order valence-electron chi connectivity index (χ2n) is 6.85. The minimum absolute atomic E-state index is 0.0864. The highest BCUT2D eigenvalue weighted by molar-refractivity contribution is 5.85. The number of hydrogen-bond acceptors (Lipinski definition) is 3. The number of hydrogen-bond donors (Lipinski definition) is 0. The molecule has 0 N–H and O–H groups in total. The lowest BCUT2D eigenvalue weighted by Crippen LogP contribution is -2.21. The van der Waals surface area contributed by atoms with E-state index >= 15 is 0 Å². The first-order chi connectivity index (χ1) is 14.2. The quantitative estimate of drug-likeness (QED) is 0.433. The zero-order valence-corrected chi connectivity index (χ0v) is 15.9. The first-order valence-electron chi connectivity index (χ1n) is 9.40. The Morgan fingerprint density at radius 3 is 2.31 bits per heavy atom. The van der Waals surface area contributed by atoms with Crippen molar-refractivity contribution < 1.29 is 4.74 Å². The zero-order valence-electron chi connectivity index (χ0n) is 15.9. The predicted octanol–water partition coefficient (Wildman–Crippen LogP) is 5.21. The Hall–Kier alpha value is -3.92. The summed E-state index contributed by atoms with van der Waals surface area (Å²) in [5.74, 6) is 1.36. The van der Waals surface area contributed by atoms with E-state index in [4.69, 9.17) is 9.72 Å². The van der Waals surface area contributed by atoms with Gasteiger partial charge in [-0.15, -0.1) is 0 Å². The van der Waals surface area contributed by atoms with Gasteiger partial charge in [-0.25, -0.2) is 4.98 Å². The molecule has 0 saturated heterocycles. The molecular weight excluding hydrogens is 360 g/mol. The van der Waals surface area contributed by atoms with E-state index in [1.54, 1.807) is 11.7 Å². The Bertz CT molecular complexity index is 1400. The van der Waals surface area contributed by atoms with Crippen LogP contribution in [0.5, 0.6) is 5.75 Å². The fraction of sp³-hybridized carbons (Fsp3) is 0.0400. The van der Waals surface area contributed by atoms with E-state index in [9.17, 15) is 4.79 Å². The Balaban J connectivity index is 1.83. The number of rotatable bonds is 3. The highest BCUT2D eigenvalue weighted by atomic mass is 16.5. The predicted molar refractivity (Wildman–Crippen MR) is 117 cm³/mol. The molecule has 29 heavy (non-hydrogen) atoms. The molecule has 0 saturated carbocycles. The molecule has 0 amide bonds. The van der Waals surface area contributed by atoms with E-state index in [0.29, 0.717) is 16.7 Å². The maximum Gasteiger partial charge on any atom is 0.266 e. The van der Waals surface area contributed by atoms with E-state index in [2.05, 4.69) is 6.07 Å². The standard InChI is InChI=1S/C25H18N2O2/c1-29-21-14-11-18(12-15-21)24-26-23-9-5-4-8-22(23)25(28)27(24)20-13-10-17-6-2-3-7-19(17)16-20/h2-16H,1H3. The van der Waals surface area contributed by atoms with E-state index in [0.717, 1.165) is 27.8 Å². The summed E-state index contributed by atoms with van der Waals surface area (Å²) in [4.78, 5) is 18.3. The van der Waals surface area contributed by atoms with Crippen LogP contribution in [0.1, 0.15) is 0 Å². The van der Waals surface area contributed by atoms with Gasteiger partial charge in [0.25, 0.3) is 5.56 Å². The molecule has 0 unspecified atom stereocenters. The largest absolute Gasteiger partial charge is 0.497 e. The number of ether oxygens (including phenoxy) is 1. The van der Waals surface area contributed by atoms with Crippen LogP contribution in [0.3, 0.4) is 0 Å². The van der Waals surface area contributed by atoms with Crippen molar-refractivity contribution in [2.75, 3.05) is 7.11 Å². The van der Waals surface area contributed by atoms with Gasteiger partial charge in [-0.3, -0.25) is 9.36 Å². The summed E-state index contributed by atoms with van der Waals surface area (Å²) in [6, 6.07) is 29.2. The van der Waals surface area contributed by atoms with Gasteiger partial charge in [0.2, 0.25) is 0 Å². The van der Waals surface area contributed by atoms with Crippen molar-refractivity contribution in [3.05, 3.63) is 101 Å². The lowest BCUT2D eigenvalue weighted by molar-refractivity contribution is 0.415. The van der Waals surface area contributed by atoms with Crippen LogP contribution in [-0.4, -0.2) is 16.7 Å². The molecule has 4 nitrogen and oxygen atoms in total. The van der Waals surface area contributed by atoms with E-state index < -0.39 is 0 Å². The van der Waals surface area contributed by atoms with Crippen molar-refractivity contribution >= 4 is 21.7 Å². The van der Waals surface area contributed by atoms with Crippen LogP contribution in [0, 0.1) is 0 Å². The molecule has 0 aliphatic heterocycles. The fourth-order valence-corrected chi connectivity index (χ4v) is 3.62. The van der Waals surface area contributed by atoms with Gasteiger partial charge in [-0.1, -0.05) is 42.5 Å². The van der Waals surface area contributed by atoms with Gasteiger partial charge in [-0.05, 0) is 59.3 Å². The third-order valence-corrected chi connectivity index (χ3v) is 5.12. The lowest BCUT2D eigenvalue weighted by Gasteiger charge is -2.15. The van der Waals surface area contributed by atoms with Crippen molar-refractivity contribution in [2.24, 2.45) is 0 Å². The summed E-state index contributed by atoms with van der Waals surface area (Å²) in [6.07, 6.45) is 0. The second kappa shape index (κ2) is 6.91. The minimum atomic E-state index is -0.0864. The van der Waals surface area contributed by atoms with Gasteiger partial charge in [-0.2, -0.15) is 0 Å². The fourth-order valence-electron chi connectivity index (χ4n) is 3.62. The number of fused-ring (bicyclic) bond motifs is 2. The Morgan fingerprint density at radius 1 is 0.793 bits per heavy atom. The summed E-state index contributed by atoms with van der Waals surface area (Å²) in [6.45, 7) is 0. The summed E-state index contributed by atoms with van der Waals surface area (Å²) < 4.78 is 6.96. The first-order valence-corrected chi connectivity index (χ1v) is 9.40. The molecule has 5 aromatic rings. The molecule has 1 aromatic heterocycles. The van der Waals surface area contributed by atoms with Crippen LogP contribution in [0.25, 0.3) is 38.8 Å². The maximum atomic E-state index is 13.5. The lowest BCUT2D eigenvalue weighted by atomic mass is 10.1. The van der Waals surface area contributed by atoms with Crippen LogP contribution in [0.2, 0.25) is 0 Å². The van der Waals surface area contributed by atoms with Crippen molar-refractivity contribution in [2.45, 2.75) is 0 Å². The van der Waals surface area contributed by atoms with Gasteiger partial charge in [0, 0.05) is 5.56 Å². The molecule has 0 radical (unpaired) electrons. The third-order valence-electron chi connectivity index (χ3n) is 5.12. The summed E-state index contributed by atoms with van der Waals surface area (Å²) >= 11 is 0. The van der Waals surface area contributed by atoms with Gasteiger partial charge < -0.3 is 4.74 Å². The molecule has 140 valence electrons. The number of para-hydroxylation sites is 1. The summed E-state index contributed by atoms with van der Waals surface area (Å²) in [5, 5.41) is 2.80. The molecule has 0 aliphatic rings. The van der Waals surface area contributed by atoms with Gasteiger partial charge in [0.1, 0.15) is 11.6 Å². The average molecular weight is 378 g/mol. The molecule has 0 spiro atoms. The van der Waals surface area contributed by atoms with Crippen molar-refractivity contribution in [3.63, 3.8) is 0 Å². The smallest absolute Gasteiger partial charge is 0.266 e. The molecule has 0 fully saturated rings. The monoisotopic (exact) mass is 378 g/mol. The van der Waals surface area contributed by atoms with Crippen LogP contribution < -0.4 is 10.3 Å². The average Bonchev–Trinajstić information content (AvgIpc) is 2.79. The first kappa shape index (κ1) is 17.2. The summed E-state index contributed by atoms with van der Waals surface area (Å²) in [7, 11) is 1.63. The van der Waals surface area contributed by atoms with E-state index in [1.807, 2.05) is 84.9 Å². The molecule has 4 heteroatoms. The topological polar surface area (TPSA) is 44.1 Å². The van der Waals surface area contributed by atoms with Crippen LogP contribution in [0.4, 0.5) is 0 Å². The molecule has 4 aromatic carbocycles. The normalized spacial score (nSPS) is 11.1. The highest BCUT2D eigenvalue weighted by Crippen LogP contribution is 2.26. The van der Waals surface area contributed by atoms with E-state index in [1.165, 1.54) is 0 Å². The van der Waals surface area contributed by atoms with E-state index in [-0.39, 0.29) is 5.56 Å². The molecular formula is C25H18N2O2. The molecule has 0 atom stereocenters. The second-order valence-corrected chi connectivity index (χ2v) is 6.85. The van der Waals surface area contributed by atoms with Gasteiger partial charge in [0.05, 0.1) is 23.7 Å². The number of methoxy groups -OCH3 is 1. The number of benzene rings is 4. The summed E-state index contributed by atoms with van der Waals surface area (Å²) in [5.41, 5.74) is 2.23. The minimum Gasteiger partial charge on any atom is -0.497 e. The zero-order chi connectivity index (χ0) is 19.8. The van der Waals surface area contributed by atoms with Crippen molar-refractivity contribution in [3.8, 4) is 22.8 Å². The molecule has 1 heterocycles. The Kier molecular flexibility index (Phi) is 4.10. The number of nitrogens with zero attached hydrogens (tertiary/aromatic N) is 2. The SMILES string of the molecule is COc1ccc(-c2nc3ccccc3c(=O)n2-c2ccc3ccccc3c2)cc1. The maximum absolute atomic E-state index is 13.5. The van der Waals surface area contributed by atoms with Gasteiger partial charge in [0.15, 0.2) is 0 Å². The molecule has 0 bridgehead atoms. The van der Waals surface area contributed by atoms with Crippen molar-refractivity contribution in [1.29, 1.82) is 0 Å². The number of aromatic nitrogens is 2. The Morgan fingerprint density at radius 2 is 1.52 bits per heavy atom. The van der Waals surface area contributed by atoms with Crippen molar-refractivity contribution in [1.82, 2.24) is 9.55 Å². The van der Waals surface area contributed by atoms with Crippen LogP contribution >= 0.6 is 0 Å². The molecule has 5 rings (SSSR count). The Labute approximate surface area is 167 Å². The van der Waals surface area contributed by atoms with Gasteiger partial charge >= 0.3 is 0 Å². The van der Waals surface area contributed by atoms with Crippen LogP contribution in [-0.2, 0) is 0 Å².